The normalized spacial score (nSPS) is 44.1. The Labute approximate surface area is 250 Å². The minimum absolute atomic E-state index is 0.0152. The number of carbonyl (C=O) groups excluding carboxylic acids is 1. The van der Waals surface area contributed by atoms with Crippen molar-refractivity contribution in [3.8, 4) is 0 Å². The maximum Gasteiger partial charge on any atom is 0.161 e. The molecule has 2 saturated carbocycles. The van der Waals surface area contributed by atoms with Gasteiger partial charge in [0.05, 0.1) is 18.8 Å². The molecule has 1 aromatic carbocycles. The molecule has 2 saturated heterocycles. The molecule has 1 aromatic rings. The van der Waals surface area contributed by atoms with E-state index in [0.29, 0.717) is 26.1 Å². The van der Waals surface area contributed by atoms with Gasteiger partial charge in [-0.15, -0.1) is 0 Å². The summed E-state index contributed by atoms with van der Waals surface area (Å²) < 4.78 is 0. The highest BCUT2D eigenvalue weighted by atomic mass is 17.2. The summed E-state index contributed by atoms with van der Waals surface area (Å²) >= 11 is 0. The van der Waals surface area contributed by atoms with E-state index in [1.54, 1.807) is 0 Å². The van der Waals surface area contributed by atoms with Crippen LogP contribution in [0.2, 0.25) is 0 Å². The van der Waals surface area contributed by atoms with Crippen LogP contribution in [0.5, 0.6) is 0 Å². The van der Waals surface area contributed by atoms with Gasteiger partial charge in [0.15, 0.2) is 5.78 Å². The second-order valence-corrected chi connectivity index (χ2v) is 16.6. The largest absolute Gasteiger partial charge is 0.385 e. The second-order valence-electron chi connectivity index (χ2n) is 16.6. The van der Waals surface area contributed by atoms with Crippen LogP contribution in [-0.4, -0.2) is 35.3 Å². The van der Waals surface area contributed by atoms with Gasteiger partial charge in [-0.2, -0.15) is 0 Å². The number of rotatable bonds is 2. The van der Waals surface area contributed by atoms with Crippen LogP contribution in [0.25, 0.3) is 0 Å². The molecule has 228 valence electrons. The maximum atomic E-state index is 13.3. The van der Waals surface area contributed by atoms with Gasteiger partial charge in [0, 0.05) is 17.8 Å². The Kier molecular flexibility index (Phi) is 6.43. The summed E-state index contributed by atoms with van der Waals surface area (Å²) in [5.74, 6) is 0.774. The fourth-order valence-electron chi connectivity index (χ4n) is 10.0. The number of allylic oxidation sites excluding steroid dienone is 3. The molecule has 0 radical (unpaired) electrons. The molecule has 6 aliphatic rings. The van der Waals surface area contributed by atoms with Crippen LogP contribution in [0.3, 0.4) is 0 Å². The minimum atomic E-state index is -0.911. The summed E-state index contributed by atoms with van der Waals surface area (Å²) in [4.78, 5) is 36.5. The van der Waals surface area contributed by atoms with E-state index < -0.39 is 22.2 Å². The van der Waals surface area contributed by atoms with Crippen molar-refractivity contribution >= 4 is 5.78 Å². The second kappa shape index (κ2) is 9.34. The number of ketones is 1. The number of benzene rings is 1. The number of aliphatic hydroxyl groups is 1. The first-order valence-electron chi connectivity index (χ1n) is 16.1. The van der Waals surface area contributed by atoms with E-state index in [4.69, 9.17) is 19.6 Å². The van der Waals surface area contributed by atoms with E-state index in [9.17, 15) is 9.90 Å². The van der Waals surface area contributed by atoms with Crippen molar-refractivity contribution in [1.82, 2.24) is 0 Å². The van der Waals surface area contributed by atoms with Crippen molar-refractivity contribution in [2.75, 3.05) is 13.2 Å². The molecular weight excluding hydrogens is 528 g/mol. The lowest BCUT2D eigenvalue weighted by molar-refractivity contribution is -0.414. The van der Waals surface area contributed by atoms with E-state index in [1.165, 1.54) is 16.7 Å². The van der Waals surface area contributed by atoms with Crippen LogP contribution < -0.4 is 0 Å². The summed E-state index contributed by atoms with van der Waals surface area (Å²) in [6.45, 7) is 14.3. The van der Waals surface area contributed by atoms with Gasteiger partial charge >= 0.3 is 0 Å². The van der Waals surface area contributed by atoms with Gasteiger partial charge in [-0.25, -0.2) is 19.6 Å². The standard InChI is InChI=1S/C36H48O6/c1-31(2)18-34(6,41-39-21-31)24-9-7-23(8-10-24)26-17-33(5)27(11-12-29(33)37)25-13-16-36(38)20-35(15-14-28(36)30(25)26)19-32(3,4)22-40-42-35/h7-12,25-27,38H,13-22H2,1-6H3/t25-,26+,27-,33-,34?,35?,36+/m0/s1. The SMILES string of the molecule is CC1(C)COOC2(CCC3=C4[C@@H](CC[C@@]3(O)C2)[C@@H]2C=CC(=O)[C@@]2(C)C[C@@H]4c2ccc(C3(C)CC(C)(C)COO3)cc2)C1. The first-order chi connectivity index (χ1) is 19.7. The van der Waals surface area contributed by atoms with Crippen LogP contribution >= 0.6 is 0 Å². The molecule has 0 amide bonds. The van der Waals surface area contributed by atoms with E-state index in [-0.39, 0.29) is 34.4 Å². The van der Waals surface area contributed by atoms with Gasteiger partial charge in [-0.05, 0) is 97.3 Å². The lowest BCUT2D eigenvalue weighted by Gasteiger charge is -2.56. The van der Waals surface area contributed by atoms with Crippen LogP contribution in [-0.2, 0) is 29.9 Å². The van der Waals surface area contributed by atoms with E-state index in [0.717, 1.165) is 44.1 Å². The van der Waals surface area contributed by atoms with Crippen molar-refractivity contribution in [2.24, 2.45) is 28.1 Å². The molecule has 4 fully saturated rings. The zero-order valence-electron chi connectivity index (χ0n) is 26.3. The first kappa shape index (κ1) is 28.9. The molecule has 7 rings (SSSR count). The van der Waals surface area contributed by atoms with Crippen LogP contribution in [0.1, 0.15) is 110 Å². The number of carbonyl (C=O) groups is 1. The van der Waals surface area contributed by atoms with Gasteiger partial charge in [-0.3, -0.25) is 4.79 Å². The highest BCUT2D eigenvalue weighted by Crippen LogP contribution is 2.64. The lowest BCUT2D eigenvalue weighted by Crippen LogP contribution is -2.56. The third-order valence-electron chi connectivity index (χ3n) is 11.7. The van der Waals surface area contributed by atoms with Crippen molar-refractivity contribution < 1.29 is 29.5 Å². The van der Waals surface area contributed by atoms with Crippen molar-refractivity contribution in [3.63, 3.8) is 0 Å². The quantitative estimate of drug-likeness (QED) is 0.295. The van der Waals surface area contributed by atoms with E-state index >= 15 is 0 Å². The lowest BCUT2D eigenvalue weighted by atomic mass is 9.50. The van der Waals surface area contributed by atoms with E-state index in [2.05, 4.69) is 71.9 Å². The highest BCUT2D eigenvalue weighted by molar-refractivity contribution is 5.98. The number of hydrogen-bond acceptors (Lipinski definition) is 6. The molecule has 2 unspecified atom stereocenters. The molecule has 42 heavy (non-hydrogen) atoms. The van der Waals surface area contributed by atoms with E-state index in [1.807, 2.05) is 6.08 Å². The zero-order valence-corrected chi connectivity index (χ0v) is 26.3. The number of hydrogen-bond donors (Lipinski definition) is 1. The summed E-state index contributed by atoms with van der Waals surface area (Å²) in [6.07, 6.45) is 10.3. The third-order valence-corrected chi connectivity index (χ3v) is 11.7. The topological polar surface area (TPSA) is 74.2 Å². The van der Waals surface area contributed by atoms with Crippen LogP contribution in [0.15, 0.2) is 47.6 Å². The first-order valence-corrected chi connectivity index (χ1v) is 16.1. The molecule has 6 heteroatoms. The molecule has 2 heterocycles. The smallest absolute Gasteiger partial charge is 0.161 e. The summed E-state index contributed by atoms with van der Waals surface area (Å²) in [7, 11) is 0. The van der Waals surface area contributed by atoms with Gasteiger partial charge in [0.1, 0.15) is 11.2 Å². The minimum Gasteiger partial charge on any atom is -0.385 e. The van der Waals surface area contributed by atoms with Gasteiger partial charge in [-0.1, -0.05) is 70.5 Å². The fraction of sp³-hybridized carbons (Fsp3) is 0.694. The molecule has 4 aliphatic carbocycles. The Hall–Kier alpha value is -1.83. The maximum absolute atomic E-state index is 13.3. The van der Waals surface area contributed by atoms with Gasteiger partial charge < -0.3 is 5.11 Å². The molecule has 2 aliphatic heterocycles. The molecular formula is C36H48O6. The molecule has 1 N–H and O–H groups in total. The molecule has 7 atom stereocenters. The Morgan fingerprint density at radius 2 is 1.55 bits per heavy atom. The van der Waals surface area contributed by atoms with Crippen LogP contribution in [0.4, 0.5) is 0 Å². The van der Waals surface area contributed by atoms with Crippen molar-refractivity contribution in [3.05, 3.63) is 58.7 Å². The average Bonchev–Trinajstić information content (AvgIpc) is 3.20. The average molecular weight is 577 g/mol. The van der Waals surface area contributed by atoms with Crippen molar-refractivity contribution in [2.45, 2.75) is 116 Å². The van der Waals surface area contributed by atoms with Crippen LogP contribution in [0, 0.1) is 28.1 Å². The number of fused-ring (bicyclic) bond motifs is 4. The van der Waals surface area contributed by atoms with Crippen molar-refractivity contribution in [1.29, 1.82) is 0 Å². The Bertz CT molecular complexity index is 1340. The molecule has 6 nitrogen and oxygen atoms in total. The van der Waals surface area contributed by atoms with Gasteiger partial charge in [0.2, 0.25) is 0 Å². The summed E-state index contributed by atoms with van der Waals surface area (Å²) in [5.41, 5.74) is 2.65. The zero-order chi connectivity index (χ0) is 29.8. The Morgan fingerprint density at radius 3 is 2.24 bits per heavy atom. The third kappa shape index (κ3) is 4.51. The summed E-state index contributed by atoms with van der Waals surface area (Å²) in [6, 6.07) is 8.83. The summed E-state index contributed by atoms with van der Waals surface area (Å²) in [5, 5.41) is 12.4. The van der Waals surface area contributed by atoms with Gasteiger partial charge in [0.25, 0.3) is 0 Å². The molecule has 0 aromatic heterocycles. The highest BCUT2D eigenvalue weighted by Gasteiger charge is 2.60. The molecule has 1 spiro atoms. The molecule has 0 bridgehead atoms. The monoisotopic (exact) mass is 576 g/mol. The fourth-order valence-corrected chi connectivity index (χ4v) is 10.0. The Morgan fingerprint density at radius 1 is 0.857 bits per heavy atom. The predicted molar refractivity (Wildman–Crippen MR) is 159 cm³/mol. The Balaban J connectivity index is 1.28. The predicted octanol–water partition coefficient (Wildman–Crippen LogP) is 7.27.